The van der Waals surface area contributed by atoms with E-state index in [0.29, 0.717) is 12.3 Å². The van der Waals surface area contributed by atoms with Crippen molar-refractivity contribution >= 4 is 17.2 Å². The van der Waals surface area contributed by atoms with Gasteiger partial charge in [-0.25, -0.2) is 0 Å². The molecular formula is C13H18N2S. The molecule has 0 bridgehead atoms. The Hall–Kier alpha value is -1.22. The van der Waals surface area contributed by atoms with Gasteiger partial charge < -0.3 is 5.32 Å². The molecule has 1 aromatic rings. The van der Waals surface area contributed by atoms with E-state index in [4.69, 9.17) is 12.2 Å². The number of aromatic nitrogens is 1. The van der Waals surface area contributed by atoms with Crippen LogP contribution < -0.4 is 5.32 Å². The van der Waals surface area contributed by atoms with E-state index in [-0.39, 0.29) is 0 Å². The van der Waals surface area contributed by atoms with Crippen LogP contribution in [0.2, 0.25) is 0 Å². The van der Waals surface area contributed by atoms with Crippen molar-refractivity contribution in [1.29, 1.82) is 0 Å². The van der Waals surface area contributed by atoms with Gasteiger partial charge in [0.15, 0.2) is 0 Å². The summed E-state index contributed by atoms with van der Waals surface area (Å²) < 4.78 is 0. The minimum Gasteiger partial charge on any atom is -0.376 e. The van der Waals surface area contributed by atoms with Crippen LogP contribution in [0.25, 0.3) is 0 Å². The molecule has 0 aliphatic heterocycles. The van der Waals surface area contributed by atoms with Crippen LogP contribution in [0.1, 0.15) is 19.5 Å². The van der Waals surface area contributed by atoms with Gasteiger partial charge in [0.25, 0.3) is 0 Å². The van der Waals surface area contributed by atoms with E-state index in [1.807, 2.05) is 18.2 Å². The highest BCUT2D eigenvalue weighted by Crippen LogP contribution is 1.96. The predicted molar refractivity (Wildman–Crippen MR) is 72.5 cm³/mol. The van der Waals surface area contributed by atoms with Crippen molar-refractivity contribution in [1.82, 2.24) is 10.3 Å². The zero-order valence-electron chi connectivity index (χ0n) is 9.81. The highest BCUT2D eigenvalue weighted by Gasteiger charge is 1.97. The predicted octanol–water partition coefficient (Wildman–Crippen LogP) is 2.75. The van der Waals surface area contributed by atoms with Gasteiger partial charge in [0.05, 0.1) is 4.99 Å². The van der Waals surface area contributed by atoms with Crippen LogP contribution in [-0.2, 0) is 6.42 Å². The summed E-state index contributed by atoms with van der Waals surface area (Å²) >= 11 is 5.23. The third-order valence-electron chi connectivity index (χ3n) is 2.01. The van der Waals surface area contributed by atoms with Crippen LogP contribution in [-0.4, -0.2) is 16.5 Å². The van der Waals surface area contributed by atoms with Gasteiger partial charge in [0.2, 0.25) is 0 Å². The fraction of sp³-hybridized carbons (Fsp3) is 0.385. The molecule has 0 atom stereocenters. The standard InChI is InChI=1S/C13H18N2S/c1-11(2)6-5-9-15-13(16)10-12-7-3-4-8-14-12/h3-8,11H,9-10H2,1-2H3,(H,15,16). The van der Waals surface area contributed by atoms with Crippen LogP contribution in [0.4, 0.5) is 0 Å². The molecule has 1 aromatic heterocycles. The number of allylic oxidation sites excluding steroid dienone is 1. The van der Waals surface area contributed by atoms with Gasteiger partial charge in [-0.05, 0) is 18.1 Å². The van der Waals surface area contributed by atoms with E-state index in [1.165, 1.54) is 0 Å². The Bertz CT molecular complexity index is 344. The summed E-state index contributed by atoms with van der Waals surface area (Å²) in [6.07, 6.45) is 6.77. The second kappa shape index (κ2) is 7.12. The van der Waals surface area contributed by atoms with E-state index in [0.717, 1.165) is 17.2 Å². The van der Waals surface area contributed by atoms with Gasteiger partial charge in [0, 0.05) is 24.9 Å². The molecule has 0 aliphatic carbocycles. The second-order valence-corrected chi connectivity index (χ2v) is 4.47. The van der Waals surface area contributed by atoms with Crippen molar-refractivity contribution in [3.8, 4) is 0 Å². The molecule has 16 heavy (non-hydrogen) atoms. The van der Waals surface area contributed by atoms with Crippen molar-refractivity contribution in [2.45, 2.75) is 20.3 Å². The van der Waals surface area contributed by atoms with Crippen LogP contribution in [0.3, 0.4) is 0 Å². The number of hydrogen-bond donors (Lipinski definition) is 1. The monoisotopic (exact) mass is 234 g/mol. The summed E-state index contributed by atoms with van der Waals surface area (Å²) in [6, 6.07) is 5.87. The summed E-state index contributed by atoms with van der Waals surface area (Å²) in [7, 11) is 0. The minimum absolute atomic E-state index is 0.589. The topological polar surface area (TPSA) is 24.9 Å². The molecule has 1 N–H and O–H groups in total. The average Bonchev–Trinajstić information content (AvgIpc) is 2.25. The van der Waals surface area contributed by atoms with Crippen molar-refractivity contribution in [2.24, 2.45) is 5.92 Å². The highest BCUT2D eigenvalue weighted by atomic mass is 32.1. The summed E-state index contributed by atoms with van der Waals surface area (Å²) in [5.74, 6) is 0.589. The lowest BCUT2D eigenvalue weighted by molar-refractivity contribution is 0.824. The Morgan fingerprint density at radius 3 is 2.94 bits per heavy atom. The molecule has 86 valence electrons. The SMILES string of the molecule is CC(C)C=CCNC(=S)Cc1ccccn1. The first-order valence-corrected chi connectivity index (χ1v) is 5.92. The van der Waals surface area contributed by atoms with Gasteiger partial charge >= 0.3 is 0 Å². The zero-order chi connectivity index (χ0) is 11.8. The van der Waals surface area contributed by atoms with Gasteiger partial charge in [-0.2, -0.15) is 0 Å². The fourth-order valence-corrected chi connectivity index (χ4v) is 1.47. The lowest BCUT2D eigenvalue weighted by Gasteiger charge is -2.04. The van der Waals surface area contributed by atoms with Crippen molar-refractivity contribution < 1.29 is 0 Å². The Balaban J connectivity index is 2.27. The summed E-state index contributed by atoms with van der Waals surface area (Å²) in [6.45, 7) is 5.11. The average molecular weight is 234 g/mol. The Morgan fingerprint density at radius 2 is 2.31 bits per heavy atom. The molecule has 3 heteroatoms. The zero-order valence-corrected chi connectivity index (χ0v) is 10.6. The molecule has 0 aliphatic rings. The first-order chi connectivity index (χ1) is 7.68. The van der Waals surface area contributed by atoms with E-state index in [2.05, 4.69) is 36.3 Å². The Labute approximate surface area is 103 Å². The third-order valence-corrected chi connectivity index (χ3v) is 2.29. The largest absolute Gasteiger partial charge is 0.376 e. The van der Waals surface area contributed by atoms with Crippen LogP contribution in [0, 0.1) is 5.92 Å². The number of pyridine rings is 1. The highest BCUT2D eigenvalue weighted by molar-refractivity contribution is 7.80. The molecule has 1 rings (SSSR count). The normalized spacial score (nSPS) is 10.9. The molecule has 0 saturated carbocycles. The molecule has 0 radical (unpaired) electrons. The smallest absolute Gasteiger partial charge is 0.0816 e. The van der Waals surface area contributed by atoms with Crippen molar-refractivity contribution in [3.63, 3.8) is 0 Å². The molecule has 2 nitrogen and oxygen atoms in total. The molecule has 0 amide bonds. The van der Waals surface area contributed by atoms with E-state index in [9.17, 15) is 0 Å². The van der Waals surface area contributed by atoms with Gasteiger partial charge in [-0.1, -0.05) is 44.3 Å². The molecular weight excluding hydrogens is 216 g/mol. The lowest BCUT2D eigenvalue weighted by Crippen LogP contribution is -2.23. The first-order valence-electron chi connectivity index (χ1n) is 5.51. The van der Waals surface area contributed by atoms with Crippen LogP contribution >= 0.6 is 12.2 Å². The van der Waals surface area contributed by atoms with Crippen molar-refractivity contribution in [3.05, 3.63) is 42.2 Å². The molecule has 0 fully saturated rings. The number of hydrogen-bond acceptors (Lipinski definition) is 2. The molecule has 0 unspecified atom stereocenters. The summed E-state index contributed by atoms with van der Waals surface area (Å²) in [5, 5.41) is 3.19. The van der Waals surface area contributed by atoms with E-state index < -0.39 is 0 Å². The fourth-order valence-electron chi connectivity index (χ4n) is 1.24. The van der Waals surface area contributed by atoms with Gasteiger partial charge in [-0.15, -0.1) is 0 Å². The molecule has 0 spiro atoms. The molecule has 0 saturated heterocycles. The third kappa shape index (κ3) is 5.61. The summed E-state index contributed by atoms with van der Waals surface area (Å²) in [4.78, 5) is 5.07. The van der Waals surface area contributed by atoms with Gasteiger partial charge in [-0.3, -0.25) is 4.98 Å². The lowest BCUT2D eigenvalue weighted by atomic mass is 10.2. The second-order valence-electron chi connectivity index (χ2n) is 3.97. The maximum absolute atomic E-state index is 5.23. The first kappa shape index (κ1) is 12.8. The molecule has 0 aromatic carbocycles. The van der Waals surface area contributed by atoms with Gasteiger partial charge in [0.1, 0.15) is 0 Å². The number of nitrogens with one attached hydrogen (secondary N) is 1. The maximum Gasteiger partial charge on any atom is 0.0816 e. The number of rotatable bonds is 5. The summed E-state index contributed by atoms with van der Waals surface area (Å²) in [5.41, 5.74) is 1.01. The quantitative estimate of drug-likeness (QED) is 0.626. The van der Waals surface area contributed by atoms with E-state index >= 15 is 0 Å². The Morgan fingerprint density at radius 1 is 1.50 bits per heavy atom. The van der Waals surface area contributed by atoms with Crippen LogP contribution in [0.15, 0.2) is 36.5 Å². The number of nitrogens with zero attached hydrogens (tertiary/aromatic N) is 1. The Kier molecular flexibility index (Phi) is 5.72. The maximum atomic E-state index is 5.23. The van der Waals surface area contributed by atoms with Crippen LogP contribution in [0.5, 0.6) is 0 Å². The van der Waals surface area contributed by atoms with E-state index in [1.54, 1.807) is 6.20 Å². The minimum atomic E-state index is 0.589. The number of thiocarbonyl (C=S) groups is 1. The van der Waals surface area contributed by atoms with Crippen molar-refractivity contribution in [2.75, 3.05) is 6.54 Å². The molecule has 1 heterocycles.